The average Bonchev–Trinajstić information content (AvgIpc) is 2.98. The smallest absolute Gasteiger partial charge is 0.253 e. The zero-order valence-corrected chi connectivity index (χ0v) is 17.8. The molecule has 0 spiro atoms. The first kappa shape index (κ1) is 21.4. The van der Waals surface area contributed by atoms with Crippen molar-refractivity contribution in [3.8, 4) is 0 Å². The third kappa shape index (κ3) is 5.85. The predicted molar refractivity (Wildman–Crippen MR) is 113 cm³/mol. The molecule has 1 atom stereocenters. The van der Waals surface area contributed by atoms with Crippen LogP contribution in [0.25, 0.3) is 0 Å². The minimum absolute atomic E-state index is 0.0569. The van der Waals surface area contributed by atoms with Gasteiger partial charge in [-0.1, -0.05) is 36.0 Å². The standard InChI is InChI=1S/C21H29Cl2N3O2/c22-18-8-7-16(14-19(18)23)21(28)26-12-5-6-17(15-26)20(27)24-9-13-25-10-3-1-2-4-11-25/h7-8,14,17H,1-6,9-13,15H2,(H,24,27). The Labute approximate surface area is 177 Å². The number of amides is 2. The summed E-state index contributed by atoms with van der Waals surface area (Å²) in [6, 6.07) is 4.91. The first-order chi connectivity index (χ1) is 13.5. The predicted octanol–water partition coefficient (Wildman–Crippen LogP) is 3.84. The molecule has 0 bridgehead atoms. The maximum absolute atomic E-state index is 12.8. The molecule has 1 N–H and O–H groups in total. The van der Waals surface area contributed by atoms with Crippen LogP contribution in [0.5, 0.6) is 0 Å². The highest BCUT2D eigenvalue weighted by Crippen LogP contribution is 2.25. The van der Waals surface area contributed by atoms with Crippen LogP contribution in [0, 0.1) is 5.92 Å². The van der Waals surface area contributed by atoms with Gasteiger partial charge < -0.3 is 15.1 Å². The van der Waals surface area contributed by atoms with Crippen molar-refractivity contribution in [2.24, 2.45) is 5.92 Å². The highest BCUT2D eigenvalue weighted by atomic mass is 35.5. The average molecular weight is 426 g/mol. The molecule has 2 heterocycles. The van der Waals surface area contributed by atoms with E-state index in [0.717, 1.165) is 32.5 Å². The third-order valence-corrected chi connectivity index (χ3v) is 6.41. The van der Waals surface area contributed by atoms with Crippen LogP contribution in [0.15, 0.2) is 18.2 Å². The summed E-state index contributed by atoms with van der Waals surface area (Å²) in [6.45, 7) is 4.96. The van der Waals surface area contributed by atoms with Crippen molar-refractivity contribution in [3.05, 3.63) is 33.8 Å². The highest BCUT2D eigenvalue weighted by molar-refractivity contribution is 6.42. The topological polar surface area (TPSA) is 52.7 Å². The summed E-state index contributed by atoms with van der Waals surface area (Å²) in [5.41, 5.74) is 0.511. The zero-order valence-electron chi connectivity index (χ0n) is 16.3. The van der Waals surface area contributed by atoms with Gasteiger partial charge in [0.25, 0.3) is 5.91 Å². The molecule has 28 heavy (non-hydrogen) atoms. The minimum atomic E-state index is -0.149. The number of piperidine rings is 1. The highest BCUT2D eigenvalue weighted by Gasteiger charge is 2.29. The second-order valence-electron chi connectivity index (χ2n) is 7.77. The number of nitrogens with one attached hydrogen (secondary N) is 1. The largest absolute Gasteiger partial charge is 0.355 e. The quantitative estimate of drug-likeness (QED) is 0.779. The Hall–Kier alpha value is -1.30. The van der Waals surface area contributed by atoms with Crippen molar-refractivity contribution in [1.29, 1.82) is 0 Å². The molecule has 2 aliphatic rings. The first-order valence-corrected chi connectivity index (χ1v) is 11.0. The molecule has 0 aromatic heterocycles. The van der Waals surface area contributed by atoms with Crippen molar-refractivity contribution < 1.29 is 9.59 Å². The lowest BCUT2D eigenvalue weighted by molar-refractivity contribution is -0.126. The van der Waals surface area contributed by atoms with Gasteiger partial charge in [0.1, 0.15) is 0 Å². The molecule has 2 aliphatic heterocycles. The van der Waals surface area contributed by atoms with Crippen LogP contribution < -0.4 is 5.32 Å². The van der Waals surface area contributed by atoms with Gasteiger partial charge in [0.05, 0.1) is 16.0 Å². The van der Waals surface area contributed by atoms with Gasteiger partial charge in [-0.2, -0.15) is 0 Å². The van der Waals surface area contributed by atoms with Gasteiger partial charge in [-0.15, -0.1) is 0 Å². The molecule has 154 valence electrons. The molecule has 3 rings (SSSR count). The molecule has 7 heteroatoms. The van der Waals surface area contributed by atoms with Gasteiger partial charge in [-0.3, -0.25) is 9.59 Å². The molecule has 1 aromatic rings. The van der Waals surface area contributed by atoms with E-state index in [2.05, 4.69) is 10.2 Å². The van der Waals surface area contributed by atoms with E-state index in [1.54, 1.807) is 23.1 Å². The zero-order chi connectivity index (χ0) is 19.9. The van der Waals surface area contributed by atoms with Crippen LogP contribution in [0.3, 0.4) is 0 Å². The monoisotopic (exact) mass is 425 g/mol. The van der Waals surface area contributed by atoms with Crippen LogP contribution in [0.2, 0.25) is 10.0 Å². The molecule has 0 saturated carbocycles. The summed E-state index contributed by atoms with van der Waals surface area (Å²) in [6.07, 6.45) is 6.78. The molecule has 2 amide bonds. The second-order valence-corrected chi connectivity index (χ2v) is 8.58. The Kier molecular flexibility index (Phi) is 8.00. The summed E-state index contributed by atoms with van der Waals surface area (Å²) >= 11 is 12.0. The Balaban J connectivity index is 1.48. The number of hydrogen-bond acceptors (Lipinski definition) is 3. The van der Waals surface area contributed by atoms with Gasteiger partial charge in [0.15, 0.2) is 0 Å². The number of hydrogen-bond donors (Lipinski definition) is 1. The summed E-state index contributed by atoms with van der Waals surface area (Å²) in [7, 11) is 0. The van der Waals surface area contributed by atoms with E-state index in [0.29, 0.717) is 35.2 Å². The van der Waals surface area contributed by atoms with Crippen molar-refractivity contribution in [3.63, 3.8) is 0 Å². The number of nitrogens with zero attached hydrogens (tertiary/aromatic N) is 2. The lowest BCUT2D eigenvalue weighted by Gasteiger charge is -2.32. The summed E-state index contributed by atoms with van der Waals surface area (Å²) in [4.78, 5) is 29.6. The Morgan fingerprint density at radius 3 is 2.46 bits per heavy atom. The normalized spacial score (nSPS) is 21.2. The van der Waals surface area contributed by atoms with E-state index in [4.69, 9.17) is 23.2 Å². The SMILES string of the molecule is O=C(NCCN1CCCCCC1)C1CCCN(C(=O)c2ccc(Cl)c(Cl)c2)C1. The number of likely N-dealkylation sites (tertiary alicyclic amines) is 2. The Morgan fingerprint density at radius 1 is 1.00 bits per heavy atom. The van der Waals surface area contributed by atoms with Crippen LogP contribution in [0.1, 0.15) is 48.9 Å². The Morgan fingerprint density at radius 2 is 1.75 bits per heavy atom. The minimum Gasteiger partial charge on any atom is -0.355 e. The molecule has 0 radical (unpaired) electrons. The number of halogens is 2. The summed E-state index contributed by atoms with van der Waals surface area (Å²) in [5.74, 6) is -0.188. The van der Waals surface area contributed by atoms with Gasteiger partial charge >= 0.3 is 0 Å². The van der Waals surface area contributed by atoms with E-state index in [1.165, 1.54) is 25.7 Å². The van der Waals surface area contributed by atoms with Gasteiger partial charge in [-0.25, -0.2) is 0 Å². The fourth-order valence-corrected chi connectivity index (χ4v) is 4.33. The molecule has 1 aromatic carbocycles. The summed E-state index contributed by atoms with van der Waals surface area (Å²) in [5, 5.41) is 3.88. The molecule has 5 nitrogen and oxygen atoms in total. The van der Waals surface area contributed by atoms with Gasteiger partial charge in [-0.05, 0) is 57.0 Å². The van der Waals surface area contributed by atoms with E-state index in [9.17, 15) is 9.59 Å². The number of rotatable bonds is 5. The molecular weight excluding hydrogens is 397 g/mol. The first-order valence-electron chi connectivity index (χ1n) is 10.3. The maximum atomic E-state index is 12.8. The Bertz CT molecular complexity index is 690. The van der Waals surface area contributed by atoms with Crippen LogP contribution in [-0.4, -0.2) is 60.9 Å². The molecule has 2 saturated heterocycles. The maximum Gasteiger partial charge on any atom is 0.253 e. The van der Waals surface area contributed by atoms with Crippen molar-refractivity contribution in [2.75, 3.05) is 39.3 Å². The van der Waals surface area contributed by atoms with E-state index in [-0.39, 0.29) is 17.7 Å². The lowest BCUT2D eigenvalue weighted by Crippen LogP contribution is -2.46. The summed E-state index contributed by atoms with van der Waals surface area (Å²) < 4.78 is 0. The third-order valence-electron chi connectivity index (χ3n) is 5.67. The molecule has 1 unspecified atom stereocenters. The van der Waals surface area contributed by atoms with Crippen LogP contribution in [0.4, 0.5) is 0 Å². The number of carbonyl (C=O) groups excluding carboxylic acids is 2. The number of carbonyl (C=O) groups is 2. The van der Waals surface area contributed by atoms with Crippen molar-refractivity contribution in [2.45, 2.75) is 38.5 Å². The van der Waals surface area contributed by atoms with Crippen molar-refractivity contribution in [1.82, 2.24) is 15.1 Å². The van der Waals surface area contributed by atoms with Gasteiger partial charge in [0, 0.05) is 31.7 Å². The number of benzene rings is 1. The van der Waals surface area contributed by atoms with Crippen LogP contribution >= 0.6 is 23.2 Å². The molecule has 2 fully saturated rings. The van der Waals surface area contributed by atoms with Crippen molar-refractivity contribution >= 4 is 35.0 Å². The second kappa shape index (κ2) is 10.5. The molecular formula is C21H29Cl2N3O2. The lowest BCUT2D eigenvalue weighted by atomic mass is 9.96. The van der Waals surface area contributed by atoms with Gasteiger partial charge in [0.2, 0.25) is 5.91 Å². The fraction of sp³-hybridized carbons (Fsp3) is 0.619. The van der Waals surface area contributed by atoms with E-state index < -0.39 is 0 Å². The van der Waals surface area contributed by atoms with E-state index in [1.807, 2.05) is 0 Å². The van der Waals surface area contributed by atoms with E-state index >= 15 is 0 Å². The van der Waals surface area contributed by atoms with Crippen LogP contribution in [-0.2, 0) is 4.79 Å². The molecule has 0 aliphatic carbocycles. The fourth-order valence-electron chi connectivity index (χ4n) is 4.03.